The minimum Gasteiger partial charge on any atom is -0.481 e. The second kappa shape index (κ2) is 9.21. The Morgan fingerprint density at radius 2 is 1.80 bits per heavy atom. The first-order valence-corrected chi connectivity index (χ1v) is 9.42. The quantitative estimate of drug-likeness (QED) is 0.741. The molecule has 1 aliphatic rings. The van der Waals surface area contributed by atoms with Crippen molar-refractivity contribution in [3.8, 4) is 5.75 Å². The molecule has 0 saturated heterocycles. The lowest BCUT2D eigenvalue weighted by Crippen LogP contribution is -2.48. The van der Waals surface area contributed by atoms with Crippen LogP contribution in [0.1, 0.15) is 37.4 Å². The van der Waals surface area contributed by atoms with E-state index in [2.05, 4.69) is 10.9 Å². The summed E-state index contributed by atoms with van der Waals surface area (Å²) in [5.74, 6) is -1.30. The lowest BCUT2D eigenvalue weighted by Gasteiger charge is -2.32. The van der Waals surface area contributed by atoms with Crippen LogP contribution in [0.4, 0.5) is 4.39 Å². The molecule has 2 aromatic rings. The standard InChI is InChI=1S/C22H22FN3O4/c1-14(30-18-9-7-17(23)8-10-18)22(29)25-24-21(28)13-20-19-6-4-3-5-16(19)11-12-26(20)15(2)27/h3-12,14,20H,13H2,1-2H3,(H,24,28)(H,25,29)/t14-,20+/m0/s1. The fourth-order valence-electron chi connectivity index (χ4n) is 3.14. The van der Waals surface area contributed by atoms with Gasteiger partial charge >= 0.3 is 0 Å². The van der Waals surface area contributed by atoms with Crippen LogP contribution in [-0.2, 0) is 14.4 Å². The van der Waals surface area contributed by atoms with Crippen LogP contribution in [0.15, 0.2) is 54.7 Å². The molecule has 2 N–H and O–H groups in total. The van der Waals surface area contributed by atoms with Gasteiger partial charge in [-0.1, -0.05) is 24.3 Å². The normalized spacial score (nSPS) is 15.7. The summed E-state index contributed by atoms with van der Waals surface area (Å²) in [5, 5.41) is 0. The van der Waals surface area contributed by atoms with Gasteiger partial charge in [-0.3, -0.25) is 25.2 Å². The highest BCUT2D eigenvalue weighted by molar-refractivity contribution is 5.86. The lowest BCUT2D eigenvalue weighted by atomic mass is 9.93. The number of amides is 3. The molecule has 3 rings (SSSR count). The number of ether oxygens (including phenoxy) is 1. The predicted octanol–water partition coefficient (Wildman–Crippen LogP) is 2.70. The number of carbonyl (C=O) groups is 3. The molecule has 0 bridgehead atoms. The first-order chi connectivity index (χ1) is 14.3. The van der Waals surface area contributed by atoms with E-state index < -0.39 is 29.8 Å². The summed E-state index contributed by atoms with van der Waals surface area (Å²) in [6.07, 6.45) is 2.53. The maximum Gasteiger partial charge on any atom is 0.279 e. The van der Waals surface area contributed by atoms with Crippen LogP contribution in [-0.4, -0.2) is 28.7 Å². The fraction of sp³-hybridized carbons (Fsp3) is 0.227. The largest absolute Gasteiger partial charge is 0.481 e. The summed E-state index contributed by atoms with van der Waals surface area (Å²) < 4.78 is 18.4. The summed E-state index contributed by atoms with van der Waals surface area (Å²) in [7, 11) is 0. The van der Waals surface area contributed by atoms with Crippen molar-refractivity contribution < 1.29 is 23.5 Å². The Morgan fingerprint density at radius 1 is 1.10 bits per heavy atom. The van der Waals surface area contributed by atoms with Crippen LogP contribution in [0, 0.1) is 5.82 Å². The third-order valence-electron chi connectivity index (χ3n) is 4.67. The fourth-order valence-corrected chi connectivity index (χ4v) is 3.14. The molecular weight excluding hydrogens is 389 g/mol. The number of hydrogen-bond donors (Lipinski definition) is 2. The molecule has 30 heavy (non-hydrogen) atoms. The topological polar surface area (TPSA) is 87.7 Å². The van der Waals surface area contributed by atoms with Gasteiger partial charge in [-0.15, -0.1) is 0 Å². The zero-order valence-corrected chi connectivity index (χ0v) is 16.6. The number of rotatable bonds is 5. The molecule has 156 valence electrons. The summed E-state index contributed by atoms with van der Waals surface area (Å²) in [5.41, 5.74) is 6.45. The average molecular weight is 411 g/mol. The maximum atomic E-state index is 12.9. The number of hydrazine groups is 1. The van der Waals surface area contributed by atoms with Gasteiger partial charge in [-0.2, -0.15) is 0 Å². The maximum absolute atomic E-state index is 12.9. The van der Waals surface area contributed by atoms with E-state index in [-0.39, 0.29) is 12.3 Å². The molecule has 0 fully saturated rings. The molecule has 0 radical (unpaired) electrons. The predicted molar refractivity (Wildman–Crippen MR) is 108 cm³/mol. The van der Waals surface area contributed by atoms with Gasteiger partial charge in [0.2, 0.25) is 11.8 Å². The molecule has 0 aliphatic carbocycles. The first kappa shape index (κ1) is 21.0. The zero-order valence-electron chi connectivity index (χ0n) is 16.6. The van der Waals surface area contributed by atoms with Crippen LogP contribution < -0.4 is 15.6 Å². The molecule has 0 aromatic heterocycles. The van der Waals surface area contributed by atoms with E-state index >= 15 is 0 Å². The van der Waals surface area contributed by atoms with Crippen molar-refractivity contribution in [1.82, 2.24) is 15.8 Å². The minimum atomic E-state index is -0.914. The summed E-state index contributed by atoms with van der Waals surface area (Å²) in [6.45, 7) is 2.93. The molecule has 1 heterocycles. The van der Waals surface area contributed by atoms with Gasteiger partial charge in [0.1, 0.15) is 11.6 Å². The van der Waals surface area contributed by atoms with Gasteiger partial charge in [-0.25, -0.2) is 4.39 Å². The molecule has 7 nitrogen and oxygen atoms in total. The van der Waals surface area contributed by atoms with Crippen molar-refractivity contribution in [2.24, 2.45) is 0 Å². The Labute approximate surface area is 173 Å². The highest BCUT2D eigenvalue weighted by Crippen LogP contribution is 2.32. The number of halogens is 1. The number of carbonyl (C=O) groups excluding carboxylic acids is 3. The van der Waals surface area contributed by atoms with Crippen molar-refractivity contribution in [3.63, 3.8) is 0 Å². The van der Waals surface area contributed by atoms with Crippen molar-refractivity contribution in [2.45, 2.75) is 32.4 Å². The lowest BCUT2D eigenvalue weighted by molar-refractivity contribution is -0.134. The number of nitrogens with one attached hydrogen (secondary N) is 2. The van der Waals surface area contributed by atoms with E-state index in [0.29, 0.717) is 5.75 Å². The van der Waals surface area contributed by atoms with Crippen LogP contribution in [0.25, 0.3) is 6.08 Å². The number of fused-ring (bicyclic) bond motifs is 1. The van der Waals surface area contributed by atoms with Crippen LogP contribution in [0.3, 0.4) is 0 Å². The second-order valence-electron chi connectivity index (χ2n) is 6.84. The first-order valence-electron chi connectivity index (χ1n) is 9.42. The molecule has 8 heteroatoms. The second-order valence-corrected chi connectivity index (χ2v) is 6.84. The monoisotopic (exact) mass is 411 g/mol. The Balaban J connectivity index is 1.57. The van der Waals surface area contributed by atoms with Crippen molar-refractivity contribution >= 4 is 23.8 Å². The number of nitrogens with zero attached hydrogens (tertiary/aromatic N) is 1. The molecule has 0 spiro atoms. The third kappa shape index (κ3) is 5.02. The van der Waals surface area contributed by atoms with E-state index in [1.807, 2.05) is 30.3 Å². The Bertz CT molecular complexity index is 975. The van der Waals surface area contributed by atoms with E-state index in [1.54, 1.807) is 6.20 Å². The van der Waals surface area contributed by atoms with Gasteiger partial charge in [0.15, 0.2) is 6.10 Å². The van der Waals surface area contributed by atoms with Gasteiger partial charge in [0.25, 0.3) is 5.91 Å². The van der Waals surface area contributed by atoms with Crippen molar-refractivity contribution in [2.75, 3.05) is 0 Å². The number of benzene rings is 2. The summed E-state index contributed by atoms with van der Waals surface area (Å²) in [4.78, 5) is 38.1. The van der Waals surface area contributed by atoms with E-state index in [4.69, 9.17) is 4.74 Å². The molecule has 2 atom stereocenters. The van der Waals surface area contributed by atoms with Crippen LogP contribution in [0.5, 0.6) is 5.75 Å². The van der Waals surface area contributed by atoms with E-state index in [9.17, 15) is 18.8 Å². The van der Waals surface area contributed by atoms with Crippen LogP contribution >= 0.6 is 0 Å². The Hall–Kier alpha value is -3.68. The molecule has 0 saturated carbocycles. The molecular formula is C22H22FN3O4. The van der Waals surface area contributed by atoms with E-state index in [0.717, 1.165) is 11.1 Å². The van der Waals surface area contributed by atoms with Gasteiger partial charge in [-0.05, 0) is 48.4 Å². The molecule has 0 unspecified atom stereocenters. The molecule has 1 aliphatic heterocycles. The van der Waals surface area contributed by atoms with Gasteiger partial charge < -0.3 is 9.64 Å². The third-order valence-corrected chi connectivity index (χ3v) is 4.67. The van der Waals surface area contributed by atoms with Gasteiger partial charge in [0, 0.05) is 13.1 Å². The van der Waals surface area contributed by atoms with Crippen molar-refractivity contribution in [3.05, 3.63) is 71.7 Å². The molecule has 2 aromatic carbocycles. The number of hydrogen-bond acceptors (Lipinski definition) is 4. The molecule has 3 amide bonds. The average Bonchev–Trinajstić information content (AvgIpc) is 2.73. The van der Waals surface area contributed by atoms with Gasteiger partial charge in [0.05, 0.1) is 12.5 Å². The zero-order chi connectivity index (χ0) is 21.7. The van der Waals surface area contributed by atoms with E-state index in [1.165, 1.54) is 43.0 Å². The summed E-state index contributed by atoms with van der Waals surface area (Å²) >= 11 is 0. The minimum absolute atomic E-state index is 0.0333. The summed E-state index contributed by atoms with van der Waals surface area (Å²) in [6, 6.07) is 12.3. The SMILES string of the molecule is CC(=O)N1C=Cc2ccccc2[C@H]1CC(=O)NNC(=O)[C@H](C)Oc1ccc(F)cc1. The Kier molecular flexibility index (Phi) is 6.46. The smallest absolute Gasteiger partial charge is 0.279 e. The Morgan fingerprint density at radius 3 is 2.50 bits per heavy atom. The van der Waals surface area contributed by atoms with Crippen molar-refractivity contribution in [1.29, 1.82) is 0 Å². The van der Waals surface area contributed by atoms with Crippen LogP contribution in [0.2, 0.25) is 0 Å². The highest BCUT2D eigenvalue weighted by Gasteiger charge is 2.28. The highest BCUT2D eigenvalue weighted by atomic mass is 19.1.